The minimum absolute atomic E-state index is 1.26. The molecule has 29 heavy (non-hydrogen) atoms. The molecule has 0 fully saturated rings. The summed E-state index contributed by atoms with van der Waals surface area (Å²) in [4.78, 5) is 0. The summed E-state index contributed by atoms with van der Waals surface area (Å²) in [6.45, 7) is 2.24. The molecule has 0 amide bonds. The van der Waals surface area contributed by atoms with Gasteiger partial charge in [-0.1, -0.05) is 30.3 Å². The van der Waals surface area contributed by atoms with Crippen molar-refractivity contribution in [2.45, 2.75) is 6.92 Å². The van der Waals surface area contributed by atoms with Crippen LogP contribution in [0.25, 0.3) is 44.1 Å². The topological polar surface area (TPSA) is 7.76 Å². The molecule has 0 saturated carbocycles. The summed E-state index contributed by atoms with van der Waals surface area (Å²) >= 11 is 0. The monoisotopic (exact) mass is 376 g/mol. The number of hydrogen-bond donors (Lipinski definition) is 0. The Morgan fingerprint density at radius 3 is 1.34 bits per heavy atom. The first-order valence-corrected chi connectivity index (χ1v) is 10.0. The van der Waals surface area contributed by atoms with Crippen LogP contribution in [0.5, 0.6) is 0 Å². The predicted molar refractivity (Wildman–Crippen MR) is 119 cm³/mol. The lowest BCUT2D eigenvalue weighted by Crippen LogP contribution is -2.28. The Labute approximate surface area is 171 Å². The van der Waals surface area contributed by atoms with Crippen molar-refractivity contribution in [3.63, 3.8) is 0 Å². The molecular formula is C27H24N2+2. The molecule has 0 radical (unpaired) electrons. The van der Waals surface area contributed by atoms with Crippen molar-refractivity contribution in [3.05, 3.63) is 96.8 Å². The summed E-state index contributed by atoms with van der Waals surface area (Å²) in [7, 11) is 4.24. The van der Waals surface area contributed by atoms with Crippen molar-refractivity contribution in [1.29, 1.82) is 0 Å². The van der Waals surface area contributed by atoms with Crippen LogP contribution in [0.15, 0.2) is 91.3 Å². The van der Waals surface area contributed by atoms with Gasteiger partial charge in [0, 0.05) is 22.9 Å². The van der Waals surface area contributed by atoms with E-state index in [0.717, 1.165) is 0 Å². The molecule has 0 N–H and O–H groups in total. The van der Waals surface area contributed by atoms with Crippen LogP contribution in [0.4, 0.5) is 0 Å². The number of fused-ring (bicyclic) bond motifs is 2. The highest BCUT2D eigenvalue weighted by Crippen LogP contribution is 2.36. The first kappa shape index (κ1) is 17.6. The second-order valence-corrected chi connectivity index (χ2v) is 7.70. The van der Waals surface area contributed by atoms with Crippen LogP contribution < -0.4 is 9.13 Å². The van der Waals surface area contributed by atoms with Gasteiger partial charge in [0.1, 0.15) is 14.1 Å². The molecule has 0 aliphatic rings. The van der Waals surface area contributed by atoms with E-state index in [-0.39, 0.29) is 0 Å². The first-order chi connectivity index (χ1) is 14.1. The fourth-order valence-corrected chi connectivity index (χ4v) is 4.53. The predicted octanol–water partition coefficient (Wildman–Crippen LogP) is 5.28. The first-order valence-electron chi connectivity index (χ1n) is 10.0. The normalized spacial score (nSPS) is 11.3. The Morgan fingerprint density at radius 2 is 0.862 bits per heavy atom. The molecule has 2 aromatic heterocycles. The van der Waals surface area contributed by atoms with Crippen molar-refractivity contribution < 1.29 is 9.13 Å². The van der Waals surface area contributed by atoms with Gasteiger partial charge in [-0.15, -0.1) is 0 Å². The lowest BCUT2D eigenvalue weighted by Gasteiger charge is -2.13. The van der Waals surface area contributed by atoms with E-state index in [1.165, 1.54) is 49.6 Å². The zero-order chi connectivity index (χ0) is 20.0. The van der Waals surface area contributed by atoms with Gasteiger partial charge in [-0.25, -0.2) is 9.13 Å². The minimum Gasteiger partial charge on any atom is -0.200 e. The number of benzene rings is 3. The number of aromatic nitrogens is 2. The van der Waals surface area contributed by atoms with Gasteiger partial charge < -0.3 is 0 Å². The summed E-state index contributed by atoms with van der Waals surface area (Å²) in [5.41, 5.74) is 8.94. The lowest BCUT2D eigenvalue weighted by atomic mass is 9.90. The SMILES string of the molecule is Cc1c(-c2cccc3ccc[n+](C)c23)cccc1-c1cccc2ccc[n+](C)c12. The number of rotatable bonds is 2. The van der Waals surface area contributed by atoms with Crippen LogP contribution >= 0.6 is 0 Å². The van der Waals surface area contributed by atoms with Gasteiger partial charge in [-0.2, -0.15) is 0 Å². The van der Waals surface area contributed by atoms with Crippen LogP contribution in [0, 0.1) is 6.92 Å². The van der Waals surface area contributed by atoms with E-state index in [2.05, 4.69) is 121 Å². The number of hydrogen-bond acceptors (Lipinski definition) is 0. The Bertz CT molecular complexity index is 1270. The van der Waals surface area contributed by atoms with Crippen LogP contribution in [-0.2, 0) is 14.1 Å². The molecule has 0 bridgehead atoms. The molecule has 2 nitrogen and oxygen atoms in total. The second kappa shape index (κ2) is 6.82. The molecule has 5 aromatic rings. The zero-order valence-corrected chi connectivity index (χ0v) is 17.1. The van der Waals surface area contributed by atoms with E-state index in [4.69, 9.17) is 0 Å². The lowest BCUT2D eigenvalue weighted by molar-refractivity contribution is -0.644. The Morgan fingerprint density at radius 1 is 0.483 bits per heavy atom. The maximum Gasteiger partial charge on any atom is 0.220 e. The fourth-order valence-electron chi connectivity index (χ4n) is 4.53. The number of para-hydroxylation sites is 2. The largest absolute Gasteiger partial charge is 0.220 e. The third-order valence-electron chi connectivity index (χ3n) is 5.92. The third kappa shape index (κ3) is 2.80. The van der Waals surface area contributed by atoms with E-state index in [1.807, 2.05) is 0 Å². The average molecular weight is 377 g/mol. The molecular weight excluding hydrogens is 352 g/mol. The van der Waals surface area contributed by atoms with Crippen molar-refractivity contribution >= 4 is 21.8 Å². The molecule has 2 heteroatoms. The van der Waals surface area contributed by atoms with E-state index >= 15 is 0 Å². The highest BCUT2D eigenvalue weighted by molar-refractivity contribution is 5.97. The number of pyridine rings is 2. The molecule has 5 rings (SSSR count). The van der Waals surface area contributed by atoms with Gasteiger partial charge in [-0.05, 0) is 60.0 Å². The van der Waals surface area contributed by atoms with E-state index in [9.17, 15) is 0 Å². The Hall–Kier alpha value is -3.52. The standard InChI is InChI=1S/C27H24N2/c1-19-22(24-15-4-9-20-11-7-17-28(2)26(20)24)13-6-14-23(19)25-16-5-10-21-12-8-18-29(3)27(21)25/h4-18H,1-3H3/q+2. The van der Waals surface area contributed by atoms with Gasteiger partial charge >= 0.3 is 0 Å². The van der Waals surface area contributed by atoms with Gasteiger partial charge in [-0.3, -0.25) is 0 Å². The molecule has 0 spiro atoms. The summed E-state index contributed by atoms with van der Waals surface area (Å²) in [6, 6.07) is 28.4. The van der Waals surface area contributed by atoms with Crippen molar-refractivity contribution in [2.75, 3.05) is 0 Å². The van der Waals surface area contributed by atoms with E-state index in [1.54, 1.807) is 0 Å². The van der Waals surface area contributed by atoms with E-state index < -0.39 is 0 Å². The Kier molecular flexibility index (Phi) is 4.13. The molecule has 0 aliphatic heterocycles. The van der Waals surface area contributed by atoms with Crippen molar-refractivity contribution in [1.82, 2.24) is 0 Å². The summed E-state index contributed by atoms with van der Waals surface area (Å²) in [6.07, 6.45) is 4.24. The molecule has 0 atom stereocenters. The maximum atomic E-state index is 2.24. The molecule has 0 aliphatic carbocycles. The second-order valence-electron chi connectivity index (χ2n) is 7.70. The van der Waals surface area contributed by atoms with Crippen LogP contribution in [-0.4, -0.2) is 0 Å². The molecule has 140 valence electrons. The molecule has 0 unspecified atom stereocenters. The van der Waals surface area contributed by atoms with Crippen LogP contribution in [0.3, 0.4) is 0 Å². The molecule has 2 heterocycles. The molecule has 3 aromatic carbocycles. The van der Waals surface area contributed by atoms with Gasteiger partial charge in [0.2, 0.25) is 11.0 Å². The van der Waals surface area contributed by atoms with Crippen LogP contribution in [0.1, 0.15) is 5.56 Å². The summed E-state index contributed by atoms with van der Waals surface area (Å²) in [5, 5.41) is 2.52. The average Bonchev–Trinajstić information content (AvgIpc) is 2.74. The molecule has 0 saturated heterocycles. The van der Waals surface area contributed by atoms with Crippen molar-refractivity contribution in [3.8, 4) is 22.3 Å². The number of nitrogens with zero attached hydrogens (tertiary/aromatic N) is 2. The number of aryl methyl sites for hydroxylation is 2. The summed E-state index contributed by atoms with van der Waals surface area (Å²) in [5.74, 6) is 0. The smallest absolute Gasteiger partial charge is 0.200 e. The van der Waals surface area contributed by atoms with Gasteiger partial charge in [0.05, 0.1) is 11.1 Å². The fraction of sp³-hybridized carbons (Fsp3) is 0.111. The minimum atomic E-state index is 1.26. The highest BCUT2D eigenvalue weighted by atomic mass is 14.9. The highest BCUT2D eigenvalue weighted by Gasteiger charge is 2.18. The van der Waals surface area contributed by atoms with Gasteiger partial charge in [0.25, 0.3) is 0 Å². The zero-order valence-electron chi connectivity index (χ0n) is 17.1. The maximum absolute atomic E-state index is 2.24. The quantitative estimate of drug-likeness (QED) is 0.370. The Balaban J connectivity index is 1.81. The van der Waals surface area contributed by atoms with Crippen LogP contribution in [0.2, 0.25) is 0 Å². The van der Waals surface area contributed by atoms with Crippen molar-refractivity contribution in [2.24, 2.45) is 14.1 Å². The van der Waals surface area contributed by atoms with Gasteiger partial charge in [0.15, 0.2) is 12.4 Å². The third-order valence-corrected chi connectivity index (χ3v) is 5.92. The summed E-state index contributed by atoms with van der Waals surface area (Å²) < 4.78 is 4.43. The van der Waals surface area contributed by atoms with E-state index in [0.29, 0.717) is 0 Å².